The van der Waals surface area contributed by atoms with Crippen LogP contribution in [-0.2, 0) is 20.7 Å². The summed E-state index contributed by atoms with van der Waals surface area (Å²) < 4.78 is 11.3. The smallest absolute Gasteiger partial charge is 0.407 e. The number of para-hydroxylation sites is 1. The Kier molecular flexibility index (Phi) is 13.2. The van der Waals surface area contributed by atoms with Crippen molar-refractivity contribution in [2.45, 2.75) is 62.1 Å². The third kappa shape index (κ3) is 9.99. The second kappa shape index (κ2) is 18.4. The number of fused-ring (bicyclic) bond motifs is 1. The number of carbonyl (C=O) groups is 3. The average molecular weight is 771 g/mol. The molecule has 0 radical (unpaired) electrons. The molecule has 0 saturated carbocycles. The Labute approximate surface area is 333 Å². The number of carbonyl (C=O) groups excluding carboxylic acids is 3. The van der Waals surface area contributed by atoms with Crippen LogP contribution in [0.15, 0.2) is 140 Å². The molecule has 5 aromatic rings. The molecular formula is C46H50N4O5S. The highest BCUT2D eigenvalue weighted by molar-refractivity contribution is 8.00. The number of nitrogens with two attached hydrogens (primary N) is 1. The molecule has 0 fully saturated rings. The van der Waals surface area contributed by atoms with Gasteiger partial charge in [-0.25, -0.2) is 4.79 Å². The van der Waals surface area contributed by atoms with Crippen LogP contribution < -0.4 is 26.4 Å². The van der Waals surface area contributed by atoms with Crippen molar-refractivity contribution in [1.29, 1.82) is 0 Å². The fourth-order valence-electron chi connectivity index (χ4n) is 7.03. The summed E-state index contributed by atoms with van der Waals surface area (Å²) in [5.41, 5.74) is 10.4. The number of ether oxygens (including phenoxy) is 2. The molecule has 1 aliphatic rings. The van der Waals surface area contributed by atoms with Crippen molar-refractivity contribution >= 4 is 29.7 Å². The van der Waals surface area contributed by atoms with Crippen LogP contribution in [0.25, 0.3) is 0 Å². The third-order valence-electron chi connectivity index (χ3n) is 9.62. The SMILES string of the molecule is CC(C)(C)OC(=O)N[C@H](CNC1CCOc2c(C(=O)N[C@@H](Cc3ccccc3)C(N)=O)cccc21)CSC(c1ccccc1)(c1ccccc1)c1ccccc1. The minimum absolute atomic E-state index is 0.183. The Hall–Kier alpha value is -5.58. The molecule has 1 unspecified atom stereocenters. The van der Waals surface area contributed by atoms with Gasteiger partial charge in [0.05, 0.1) is 23.0 Å². The minimum Gasteiger partial charge on any atom is -0.492 e. The molecule has 9 nitrogen and oxygen atoms in total. The van der Waals surface area contributed by atoms with Gasteiger partial charge in [0.2, 0.25) is 5.91 Å². The van der Waals surface area contributed by atoms with Crippen LogP contribution in [-0.4, -0.2) is 54.5 Å². The van der Waals surface area contributed by atoms with Crippen LogP contribution in [0.2, 0.25) is 0 Å². The predicted octanol–water partition coefficient (Wildman–Crippen LogP) is 7.54. The quantitative estimate of drug-likeness (QED) is 0.0810. The lowest BCUT2D eigenvalue weighted by Crippen LogP contribution is -2.47. The fourth-order valence-corrected chi connectivity index (χ4v) is 8.59. The zero-order chi connectivity index (χ0) is 39.5. The topological polar surface area (TPSA) is 132 Å². The van der Waals surface area contributed by atoms with Gasteiger partial charge in [0.25, 0.3) is 5.91 Å². The highest BCUT2D eigenvalue weighted by Gasteiger charge is 2.38. The molecule has 56 heavy (non-hydrogen) atoms. The minimum atomic E-state index is -0.898. The summed E-state index contributed by atoms with van der Waals surface area (Å²) in [5.74, 6) is -0.0786. The van der Waals surface area contributed by atoms with Gasteiger partial charge in [0.15, 0.2) is 0 Å². The molecule has 0 aromatic heterocycles. The van der Waals surface area contributed by atoms with E-state index in [1.165, 1.54) is 0 Å². The first kappa shape index (κ1) is 40.1. The molecule has 0 bridgehead atoms. The Morgan fingerprint density at radius 3 is 1.86 bits per heavy atom. The number of thioether (sulfide) groups is 1. The van der Waals surface area contributed by atoms with Gasteiger partial charge >= 0.3 is 6.09 Å². The van der Waals surface area contributed by atoms with Gasteiger partial charge in [-0.1, -0.05) is 133 Å². The van der Waals surface area contributed by atoms with Crippen molar-refractivity contribution in [2.75, 3.05) is 18.9 Å². The zero-order valence-electron chi connectivity index (χ0n) is 32.1. The maximum Gasteiger partial charge on any atom is 0.407 e. The van der Waals surface area contributed by atoms with Crippen molar-refractivity contribution in [1.82, 2.24) is 16.0 Å². The van der Waals surface area contributed by atoms with Gasteiger partial charge in [0.1, 0.15) is 17.4 Å². The second-order valence-corrected chi connectivity index (χ2v) is 16.1. The molecule has 1 heterocycles. The van der Waals surface area contributed by atoms with E-state index in [0.717, 1.165) is 27.8 Å². The first-order chi connectivity index (χ1) is 27.0. The summed E-state index contributed by atoms with van der Waals surface area (Å²) in [6, 6.07) is 44.8. The number of alkyl carbamates (subject to hydrolysis) is 1. The number of primary amides is 1. The number of nitrogens with one attached hydrogen (secondary N) is 3. The standard InChI is InChI=1S/C46H50N4O5S/c1-45(2,3)55-44(53)49-36(31-56-46(33-19-10-5-11-20-33,34-21-12-6-13-22-34)35-23-14-7-15-24-35)30-48-39-27-28-54-41-37(39)25-16-26-38(41)43(52)50-40(42(47)51)29-32-17-8-4-9-18-32/h4-26,36,39-40,48H,27-31H2,1-3H3,(H2,47,51)(H,49,53)(H,50,52)/t36-,39?,40+/m1/s1. The highest BCUT2D eigenvalue weighted by atomic mass is 32.2. The molecule has 290 valence electrons. The number of amides is 3. The fraction of sp³-hybridized carbons (Fsp3) is 0.283. The van der Waals surface area contributed by atoms with E-state index in [-0.39, 0.29) is 18.5 Å². The largest absolute Gasteiger partial charge is 0.492 e. The van der Waals surface area contributed by atoms with Crippen LogP contribution in [0.5, 0.6) is 5.75 Å². The van der Waals surface area contributed by atoms with Crippen molar-refractivity contribution in [3.63, 3.8) is 0 Å². The van der Waals surface area contributed by atoms with Crippen molar-refractivity contribution in [2.24, 2.45) is 5.73 Å². The average Bonchev–Trinajstić information content (AvgIpc) is 3.20. The van der Waals surface area contributed by atoms with Gasteiger partial charge in [-0.2, -0.15) is 0 Å². The van der Waals surface area contributed by atoms with Gasteiger partial charge in [-0.3, -0.25) is 9.59 Å². The van der Waals surface area contributed by atoms with Crippen molar-refractivity contribution in [3.05, 3.63) is 173 Å². The van der Waals surface area contributed by atoms with E-state index in [9.17, 15) is 14.4 Å². The number of rotatable bonds is 15. The lowest BCUT2D eigenvalue weighted by Gasteiger charge is -2.37. The maximum atomic E-state index is 13.7. The monoisotopic (exact) mass is 770 g/mol. The van der Waals surface area contributed by atoms with E-state index < -0.39 is 34.3 Å². The summed E-state index contributed by atoms with van der Waals surface area (Å²) in [4.78, 5) is 39.4. The van der Waals surface area contributed by atoms with Crippen LogP contribution in [0.4, 0.5) is 4.79 Å². The molecule has 3 amide bonds. The van der Waals surface area contributed by atoms with Gasteiger partial charge in [-0.15, -0.1) is 11.8 Å². The van der Waals surface area contributed by atoms with E-state index >= 15 is 0 Å². The molecule has 5 N–H and O–H groups in total. The molecule has 0 aliphatic carbocycles. The lowest BCUT2D eigenvalue weighted by molar-refractivity contribution is -0.119. The second-order valence-electron chi connectivity index (χ2n) is 14.9. The first-order valence-electron chi connectivity index (χ1n) is 19.0. The molecule has 1 aliphatic heterocycles. The van der Waals surface area contributed by atoms with Crippen LogP contribution in [0.1, 0.15) is 71.4 Å². The van der Waals surface area contributed by atoms with Crippen molar-refractivity contribution in [3.8, 4) is 5.75 Å². The Morgan fingerprint density at radius 2 is 1.32 bits per heavy atom. The molecule has 6 rings (SSSR count). The molecule has 5 aromatic carbocycles. The Morgan fingerprint density at radius 1 is 0.768 bits per heavy atom. The molecule has 10 heteroatoms. The Balaban J connectivity index is 1.26. The lowest BCUT2D eigenvalue weighted by atomic mass is 9.84. The van der Waals surface area contributed by atoms with E-state index in [4.69, 9.17) is 15.2 Å². The van der Waals surface area contributed by atoms with Crippen LogP contribution in [0.3, 0.4) is 0 Å². The van der Waals surface area contributed by atoms with Gasteiger partial charge < -0.3 is 31.2 Å². The number of benzene rings is 5. The summed E-state index contributed by atoms with van der Waals surface area (Å²) in [6.07, 6.45) is 0.414. The third-order valence-corrected chi connectivity index (χ3v) is 11.3. The molecule has 0 saturated heterocycles. The summed E-state index contributed by atoms with van der Waals surface area (Å²) in [6.45, 7) is 6.32. The van der Waals surface area contributed by atoms with Gasteiger partial charge in [0, 0.05) is 36.7 Å². The zero-order valence-corrected chi connectivity index (χ0v) is 32.9. The predicted molar refractivity (Wildman–Crippen MR) is 223 cm³/mol. The van der Waals surface area contributed by atoms with Crippen LogP contribution >= 0.6 is 11.8 Å². The van der Waals surface area contributed by atoms with E-state index in [2.05, 4.69) is 88.7 Å². The summed E-state index contributed by atoms with van der Waals surface area (Å²) >= 11 is 1.76. The molecule has 3 atom stereocenters. The summed E-state index contributed by atoms with van der Waals surface area (Å²) in [5, 5.41) is 9.68. The Bertz CT molecular complexity index is 1960. The normalized spacial score (nSPS) is 15.0. The van der Waals surface area contributed by atoms with Crippen molar-refractivity contribution < 1.29 is 23.9 Å². The van der Waals surface area contributed by atoms with E-state index in [1.54, 1.807) is 17.8 Å². The number of hydrogen-bond acceptors (Lipinski definition) is 7. The first-order valence-corrected chi connectivity index (χ1v) is 20.0. The summed E-state index contributed by atoms with van der Waals surface area (Å²) in [7, 11) is 0. The number of hydrogen-bond donors (Lipinski definition) is 4. The molecular weight excluding hydrogens is 721 g/mol. The highest BCUT2D eigenvalue weighted by Crippen LogP contribution is 2.48. The molecule has 0 spiro atoms. The van der Waals surface area contributed by atoms with Crippen LogP contribution in [0, 0.1) is 0 Å². The van der Waals surface area contributed by atoms with Gasteiger partial charge in [-0.05, 0) is 49.1 Å². The van der Waals surface area contributed by atoms with E-state index in [1.807, 2.05) is 81.4 Å². The maximum absolute atomic E-state index is 13.7. The van der Waals surface area contributed by atoms with E-state index in [0.29, 0.717) is 36.6 Å².